The van der Waals surface area contributed by atoms with Gasteiger partial charge < -0.3 is 10.1 Å². The lowest BCUT2D eigenvalue weighted by molar-refractivity contribution is -0.119. The number of carbonyl (C=O) groups excluding carboxylic acids is 2. The smallest absolute Gasteiger partial charge is 0.338 e. The molecule has 0 aliphatic carbocycles. The van der Waals surface area contributed by atoms with Crippen molar-refractivity contribution in [1.29, 1.82) is 0 Å². The predicted octanol–water partition coefficient (Wildman–Crippen LogP) is 3.65. The van der Waals surface area contributed by atoms with Crippen LogP contribution in [0.2, 0.25) is 0 Å². The molecule has 6 heteroatoms. The molecule has 122 valence electrons. The summed E-state index contributed by atoms with van der Waals surface area (Å²) in [5.74, 6) is -0.882. The lowest BCUT2D eigenvalue weighted by Gasteiger charge is -2.10. The zero-order chi connectivity index (χ0) is 16.9. The summed E-state index contributed by atoms with van der Waals surface area (Å²) >= 11 is 1.45. The highest BCUT2D eigenvalue weighted by Crippen LogP contribution is 2.19. The lowest BCUT2D eigenvalue weighted by Crippen LogP contribution is -2.21. The number of fused-ring (bicyclic) bond motifs is 1. The molecule has 0 aliphatic heterocycles. The van der Waals surface area contributed by atoms with E-state index in [4.69, 9.17) is 4.74 Å². The minimum absolute atomic E-state index is 0.322. The molecule has 0 atom stereocenters. The van der Waals surface area contributed by atoms with E-state index in [0.717, 1.165) is 27.9 Å². The lowest BCUT2D eigenvalue weighted by atomic mass is 10.1. The van der Waals surface area contributed by atoms with Gasteiger partial charge in [-0.3, -0.25) is 4.79 Å². The van der Waals surface area contributed by atoms with E-state index >= 15 is 0 Å². The van der Waals surface area contributed by atoms with Crippen LogP contribution in [0.15, 0.2) is 48.0 Å². The van der Waals surface area contributed by atoms with E-state index in [2.05, 4.69) is 10.3 Å². The van der Waals surface area contributed by atoms with Crippen LogP contribution in [0.5, 0.6) is 0 Å². The highest BCUT2D eigenvalue weighted by Gasteiger charge is 2.12. The summed E-state index contributed by atoms with van der Waals surface area (Å²) in [5, 5.41) is 2.77. The molecule has 0 bridgehead atoms. The molecule has 1 N–H and O–H groups in total. The summed E-state index contributed by atoms with van der Waals surface area (Å²) in [5.41, 5.74) is 4.75. The fourth-order valence-corrected chi connectivity index (χ4v) is 3.05. The van der Waals surface area contributed by atoms with Crippen LogP contribution in [-0.4, -0.2) is 23.5 Å². The number of esters is 1. The molecular weight excluding hydrogens is 324 g/mol. The number of aryl methyl sites for hydroxylation is 1. The fraction of sp³-hybridized carbons (Fsp3) is 0.167. The predicted molar refractivity (Wildman–Crippen MR) is 94.4 cm³/mol. The standard InChI is InChI=1S/C18H16N2O3S/c1-2-12-5-3-4-6-14(12)20-17(21)10-23-18(22)13-7-8-15-16(9-13)24-11-19-15/h3-9,11H,2,10H2,1H3,(H,20,21). The first-order chi connectivity index (χ1) is 11.7. The van der Waals surface area contributed by atoms with Crippen molar-refractivity contribution in [2.24, 2.45) is 0 Å². The summed E-state index contributed by atoms with van der Waals surface area (Å²) in [7, 11) is 0. The first kappa shape index (κ1) is 16.1. The van der Waals surface area contributed by atoms with Crippen molar-refractivity contribution in [3.63, 3.8) is 0 Å². The Labute approximate surface area is 143 Å². The van der Waals surface area contributed by atoms with Crippen LogP contribution in [0, 0.1) is 0 Å². The maximum Gasteiger partial charge on any atom is 0.338 e. The molecule has 0 spiro atoms. The van der Waals surface area contributed by atoms with Crippen molar-refractivity contribution in [3.05, 3.63) is 59.1 Å². The van der Waals surface area contributed by atoms with Gasteiger partial charge in [0.05, 0.1) is 21.3 Å². The third kappa shape index (κ3) is 3.60. The molecule has 1 aromatic heterocycles. The minimum Gasteiger partial charge on any atom is -0.452 e. The molecule has 5 nitrogen and oxygen atoms in total. The zero-order valence-electron chi connectivity index (χ0n) is 13.1. The van der Waals surface area contributed by atoms with Crippen LogP contribution in [0.25, 0.3) is 10.2 Å². The van der Waals surface area contributed by atoms with E-state index in [1.807, 2.05) is 31.2 Å². The first-order valence-corrected chi connectivity index (χ1v) is 8.43. The third-order valence-electron chi connectivity index (χ3n) is 3.57. The topological polar surface area (TPSA) is 68.3 Å². The number of para-hydroxylation sites is 1. The van der Waals surface area contributed by atoms with E-state index in [-0.39, 0.29) is 12.5 Å². The van der Waals surface area contributed by atoms with Crippen LogP contribution in [0.1, 0.15) is 22.8 Å². The molecule has 0 unspecified atom stereocenters. The summed E-state index contributed by atoms with van der Waals surface area (Å²) < 4.78 is 6.00. The molecular formula is C18H16N2O3S. The number of carbonyl (C=O) groups is 2. The van der Waals surface area contributed by atoms with Gasteiger partial charge in [0.1, 0.15) is 0 Å². The van der Waals surface area contributed by atoms with Crippen molar-refractivity contribution >= 4 is 39.1 Å². The number of anilines is 1. The molecule has 0 fully saturated rings. The SMILES string of the molecule is CCc1ccccc1NC(=O)COC(=O)c1ccc2ncsc2c1. The van der Waals surface area contributed by atoms with Crippen molar-refractivity contribution in [2.45, 2.75) is 13.3 Å². The van der Waals surface area contributed by atoms with Crippen LogP contribution >= 0.6 is 11.3 Å². The van der Waals surface area contributed by atoms with Gasteiger partial charge in [0.25, 0.3) is 5.91 Å². The van der Waals surface area contributed by atoms with Gasteiger partial charge in [-0.05, 0) is 36.2 Å². The Morgan fingerprint density at radius 1 is 1.21 bits per heavy atom. The van der Waals surface area contributed by atoms with E-state index in [1.165, 1.54) is 11.3 Å². The Morgan fingerprint density at radius 2 is 2.04 bits per heavy atom. The molecule has 0 saturated carbocycles. The number of hydrogen-bond donors (Lipinski definition) is 1. The second-order valence-corrected chi connectivity index (χ2v) is 6.06. The number of nitrogens with zero attached hydrogens (tertiary/aromatic N) is 1. The second kappa shape index (κ2) is 7.23. The van der Waals surface area contributed by atoms with Crippen molar-refractivity contribution in [1.82, 2.24) is 4.98 Å². The molecule has 0 radical (unpaired) electrons. The highest BCUT2D eigenvalue weighted by atomic mass is 32.1. The van der Waals surface area contributed by atoms with Crippen LogP contribution in [-0.2, 0) is 16.0 Å². The van der Waals surface area contributed by atoms with Crippen LogP contribution in [0.3, 0.4) is 0 Å². The first-order valence-electron chi connectivity index (χ1n) is 7.55. The zero-order valence-corrected chi connectivity index (χ0v) is 13.9. The van der Waals surface area contributed by atoms with Crippen LogP contribution in [0.4, 0.5) is 5.69 Å². The van der Waals surface area contributed by atoms with Crippen molar-refractivity contribution in [3.8, 4) is 0 Å². The summed E-state index contributed by atoms with van der Waals surface area (Å²) in [6.45, 7) is 1.69. The van der Waals surface area contributed by atoms with E-state index < -0.39 is 5.97 Å². The van der Waals surface area contributed by atoms with Gasteiger partial charge in [-0.2, -0.15) is 0 Å². The number of nitrogens with one attached hydrogen (secondary N) is 1. The number of hydrogen-bond acceptors (Lipinski definition) is 5. The molecule has 0 saturated heterocycles. The average molecular weight is 340 g/mol. The Hall–Kier alpha value is -2.73. The Bertz CT molecular complexity index is 889. The van der Waals surface area contributed by atoms with Gasteiger partial charge in [-0.25, -0.2) is 9.78 Å². The summed E-state index contributed by atoms with van der Waals surface area (Å²) in [6.07, 6.45) is 0.811. The maximum atomic E-state index is 12.1. The van der Waals surface area contributed by atoms with Crippen molar-refractivity contribution < 1.29 is 14.3 Å². The summed E-state index contributed by atoms with van der Waals surface area (Å²) in [4.78, 5) is 28.2. The maximum absolute atomic E-state index is 12.1. The second-order valence-electron chi connectivity index (χ2n) is 5.17. The molecule has 1 heterocycles. The highest BCUT2D eigenvalue weighted by molar-refractivity contribution is 7.16. The number of rotatable bonds is 5. The largest absolute Gasteiger partial charge is 0.452 e. The van der Waals surface area contributed by atoms with Crippen molar-refractivity contribution in [2.75, 3.05) is 11.9 Å². The van der Waals surface area contributed by atoms with Gasteiger partial charge in [-0.1, -0.05) is 25.1 Å². The third-order valence-corrected chi connectivity index (χ3v) is 4.37. The molecule has 0 aliphatic rings. The fourth-order valence-electron chi connectivity index (χ4n) is 2.33. The number of ether oxygens (including phenoxy) is 1. The van der Waals surface area contributed by atoms with Gasteiger partial charge in [0, 0.05) is 5.69 Å². The Morgan fingerprint density at radius 3 is 2.88 bits per heavy atom. The average Bonchev–Trinajstić information content (AvgIpc) is 3.07. The van der Waals surface area contributed by atoms with Gasteiger partial charge in [0.15, 0.2) is 6.61 Å². The van der Waals surface area contributed by atoms with Crippen LogP contribution < -0.4 is 5.32 Å². The van der Waals surface area contributed by atoms with E-state index in [0.29, 0.717) is 5.56 Å². The number of benzene rings is 2. The summed E-state index contributed by atoms with van der Waals surface area (Å²) in [6, 6.07) is 12.7. The minimum atomic E-state index is -0.524. The molecule has 2 aromatic carbocycles. The normalized spacial score (nSPS) is 10.5. The monoisotopic (exact) mass is 340 g/mol. The van der Waals surface area contributed by atoms with Gasteiger partial charge >= 0.3 is 5.97 Å². The number of thiazole rings is 1. The molecule has 3 rings (SSSR count). The Balaban J connectivity index is 1.60. The molecule has 3 aromatic rings. The quantitative estimate of drug-likeness (QED) is 0.720. The van der Waals surface area contributed by atoms with Gasteiger partial charge in [0.2, 0.25) is 0 Å². The number of amides is 1. The molecule has 24 heavy (non-hydrogen) atoms. The molecule has 1 amide bonds. The number of aromatic nitrogens is 1. The van der Waals surface area contributed by atoms with E-state index in [9.17, 15) is 9.59 Å². The van der Waals surface area contributed by atoms with E-state index in [1.54, 1.807) is 23.7 Å². The Kier molecular flexibility index (Phi) is 4.86. The van der Waals surface area contributed by atoms with Gasteiger partial charge in [-0.15, -0.1) is 11.3 Å².